The summed E-state index contributed by atoms with van der Waals surface area (Å²) >= 11 is 0. The Morgan fingerprint density at radius 1 is 1.20 bits per heavy atom. The standard InChI is InChI=1S/C9H12O/c10-8-4-7-5-1-2-6(3-5)9(7)8/h5-7,9H,1-4H2/t5-,6-,7-,9-/m1/s1. The van der Waals surface area contributed by atoms with Crippen LogP contribution >= 0.6 is 0 Å². The summed E-state index contributed by atoms with van der Waals surface area (Å²) in [4.78, 5) is 11.1. The smallest absolute Gasteiger partial charge is 0.136 e. The third-order valence-electron chi connectivity index (χ3n) is 3.90. The van der Waals surface area contributed by atoms with Crippen LogP contribution in [-0.2, 0) is 4.79 Å². The van der Waals surface area contributed by atoms with Crippen molar-refractivity contribution in [3.05, 3.63) is 0 Å². The molecule has 4 atom stereocenters. The number of ketones is 1. The number of carbonyl (C=O) groups is 1. The molecule has 0 spiro atoms. The van der Waals surface area contributed by atoms with Gasteiger partial charge in [-0.3, -0.25) is 4.79 Å². The highest BCUT2D eigenvalue weighted by atomic mass is 16.1. The fraction of sp³-hybridized carbons (Fsp3) is 0.889. The highest BCUT2D eigenvalue weighted by Crippen LogP contribution is 2.59. The van der Waals surface area contributed by atoms with Crippen molar-refractivity contribution in [2.45, 2.75) is 25.7 Å². The maximum absolute atomic E-state index is 11.1. The van der Waals surface area contributed by atoms with Crippen molar-refractivity contribution in [1.29, 1.82) is 0 Å². The molecule has 0 aromatic heterocycles. The average molecular weight is 136 g/mol. The first-order chi connectivity index (χ1) is 4.86. The van der Waals surface area contributed by atoms with Gasteiger partial charge in [-0.25, -0.2) is 0 Å². The van der Waals surface area contributed by atoms with Gasteiger partial charge < -0.3 is 0 Å². The molecule has 3 rings (SSSR count). The minimum Gasteiger partial charge on any atom is -0.299 e. The summed E-state index contributed by atoms with van der Waals surface area (Å²) in [6.07, 6.45) is 5.11. The van der Waals surface area contributed by atoms with E-state index in [-0.39, 0.29) is 0 Å². The fourth-order valence-corrected chi connectivity index (χ4v) is 3.41. The molecule has 1 nitrogen and oxygen atoms in total. The minimum atomic E-state index is 0.554. The molecule has 0 aliphatic heterocycles. The molecular weight excluding hydrogens is 124 g/mol. The zero-order valence-electron chi connectivity index (χ0n) is 6.05. The summed E-state index contributed by atoms with van der Waals surface area (Å²) in [5, 5.41) is 0. The van der Waals surface area contributed by atoms with Crippen molar-refractivity contribution < 1.29 is 4.79 Å². The molecule has 3 fully saturated rings. The highest BCUT2D eigenvalue weighted by Gasteiger charge is 2.56. The normalized spacial score (nSPS) is 56.6. The van der Waals surface area contributed by atoms with Crippen molar-refractivity contribution in [3.63, 3.8) is 0 Å². The summed E-state index contributed by atoms with van der Waals surface area (Å²) < 4.78 is 0. The van der Waals surface area contributed by atoms with Crippen molar-refractivity contribution in [3.8, 4) is 0 Å². The molecule has 10 heavy (non-hydrogen) atoms. The van der Waals surface area contributed by atoms with E-state index in [1.807, 2.05) is 0 Å². The Hall–Kier alpha value is -0.330. The Morgan fingerprint density at radius 3 is 2.60 bits per heavy atom. The van der Waals surface area contributed by atoms with Gasteiger partial charge in [0.25, 0.3) is 0 Å². The number of fused-ring (bicyclic) bond motifs is 5. The first kappa shape index (κ1) is 5.34. The molecule has 3 aliphatic rings. The third-order valence-corrected chi connectivity index (χ3v) is 3.90. The van der Waals surface area contributed by atoms with Crippen LogP contribution in [0.5, 0.6) is 0 Å². The quantitative estimate of drug-likeness (QED) is 0.494. The third kappa shape index (κ3) is 0.415. The molecule has 0 aromatic carbocycles. The van der Waals surface area contributed by atoms with E-state index in [0.717, 1.165) is 24.2 Å². The van der Waals surface area contributed by atoms with E-state index in [2.05, 4.69) is 0 Å². The van der Waals surface area contributed by atoms with Gasteiger partial charge >= 0.3 is 0 Å². The molecule has 0 saturated heterocycles. The highest BCUT2D eigenvalue weighted by molar-refractivity contribution is 5.88. The predicted molar refractivity (Wildman–Crippen MR) is 37.4 cm³/mol. The first-order valence-electron chi connectivity index (χ1n) is 4.39. The van der Waals surface area contributed by atoms with Crippen LogP contribution in [0.1, 0.15) is 25.7 Å². The Morgan fingerprint density at radius 2 is 2.00 bits per heavy atom. The van der Waals surface area contributed by atoms with Crippen LogP contribution in [0.2, 0.25) is 0 Å². The Balaban J connectivity index is 1.95. The molecule has 0 radical (unpaired) electrons. The van der Waals surface area contributed by atoms with Crippen LogP contribution in [0.15, 0.2) is 0 Å². The van der Waals surface area contributed by atoms with Crippen molar-refractivity contribution in [2.75, 3.05) is 0 Å². The second-order valence-corrected chi connectivity index (χ2v) is 4.19. The van der Waals surface area contributed by atoms with Crippen molar-refractivity contribution >= 4 is 5.78 Å². The molecule has 3 saturated carbocycles. The maximum Gasteiger partial charge on any atom is 0.136 e. The lowest BCUT2D eigenvalue weighted by atomic mass is 9.65. The zero-order chi connectivity index (χ0) is 6.72. The van der Waals surface area contributed by atoms with E-state index in [0.29, 0.717) is 11.7 Å². The lowest BCUT2D eigenvalue weighted by Crippen LogP contribution is -2.41. The van der Waals surface area contributed by atoms with Gasteiger partial charge in [0, 0.05) is 12.3 Å². The van der Waals surface area contributed by atoms with Crippen LogP contribution in [0.3, 0.4) is 0 Å². The van der Waals surface area contributed by atoms with Crippen LogP contribution < -0.4 is 0 Å². The molecule has 0 amide bonds. The topological polar surface area (TPSA) is 17.1 Å². The number of hydrogen-bond acceptors (Lipinski definition) is 1. The average Bonchev–Trinajstić information content (AvgIpc) is 2.40. The van der Waals surface area contributed by atoms with Crippen LogP contribution in [0.4, 0.5) is 0 Å². The van der Waals surface area contributed by atoms with Gasteiger partial charge in [0.2, 0.25) is 0 Å². The van der Waals surface area contributed by atoms with Gasteiger partial charge in [-0.2, -0.15) is 0 Å². The molecule has 0 heterocycles. The predicted octanol–water partition coefficient (Wildman–Crippen LogP) is 1.62. The summed E-state index contributed by atoms with van der Waals surface area (Å²) in [5.41, 5.74) is 0. The molecular formula is C9H12O. The summed E-state index contributed by atoms with van der Waals surface area (Å²) in [7, 11) is 0. The molecule has 3 aliphatic carbocycles. The number of Topliss-reactive ketones (excluding diaryl/α,β-unsaturated/α-hetero) is 1. The largest absolute Gasteiger partial charge is 0.299 e. The SMILES string of the molecule is O=C1C[C@@H]2[C@@H]3CC[C@H](C3)[C@@H]12. The van der Waals surface area contributed by atoms with E-state index < -0.39 is 0 Å². The van der Waals surface area contributed by atoms with Gasteiger partial charge in [0.1, 0.15) is 5.78 Å². The molecule has 1 heteroatoms. The zero-order valence-corrected chi connectivity index (χ0v) is 6.05. The Bertz CT molecular complexity index is 195. The minimum absolute atomic E-state index is 0.554. The van der Waals surface area contributed by atoms with Gasteiger partial charge in [0.05, 0.1) is 0 Å². The van der Waals surface area contributed by atoms with E-state index >= 15 is 0 Å². The fourth-order valence-electron chi connectivity index (χ4n) is 3.41. The van der Waals surface area contributed by atoms with Gasteiger partial charge in [-0.15, -0.1) is 0 Å². The second-order valence-electron chi connectivity index (χ2n) is 4.19. The van der Waals surface area contributed by atoms with Crippen LogP contribution in [0.25, 0.3) is 0 Å². The van der Waals surface area contributed by atoms with Crippen molar-refractivity contribution in [1.82, 2.24) is 0 Å². The molecule has 2 bridgehead atoms. The summed E-state index contributed by atoms with van der Waals surface area (Å²) in [6.45, 7) is 0. The van der Waals surface area contributed by atoms with E-state index in [1.54, 1.807) is 0 Å². The maximum atomic E-state index is 11.1. The molecule has 54 valence electrons. The molecule has 0 aromatic rings. The number of rotatable bonds is 0. The van der Waals surface area contributed by atoms with Gasteiger partial charge in [0.15, 0.2) is 0 Å². The lowest BCUT2D eigenvalue weighted by Gasteiger charge is -2.38. The molecule has 0 N–H and O–H groups in total. The lowest BCUT2D eigenvalue weighted by molar-refractivity contribution is -0.136. The number of carbonyl (C=O) groups excluding carboxylic acids is 1. The number of hydrogen-bond donors (Lipinski definition) is 0. The van der Waals surface area contributed by atoms with Gasteiger partial charge in [-0.1, -0.05) is 0 Å². The Kier molecular flexibility index (Phi) is 0.781. The van der Waals surface area contributed by atoms with E-state index in [4.69, 9.17) is 0 Å². The first-order valence-corrected chi connectivity index (χ1v) is 4.39. The molecule has 0 unspecified atom stereocenters. The monoisotopic (exact) mass is 136 g/mol. The Labute approximate surface area is 60.8 Å². The van der Waals surface area contributed by atoms with Crippen LogP contribution in [0, 0.1) is 23.7 Å². The van der Waals surface area contributed by atoms with Crippen molar-refractivity contribution in [2.24, 2.45) is 23.7 Å². The second kappa shape index (κ2) is 1.46. The summed E-state index contributed by atoms with van der Waals surface area (Å²) in [5.74, 6) is 3.78. The van der Waals surface area contributed by atoms with Crippen LogP contribution in [-0.4, -0.2) is 5.78 Å². The summed E-state index contributed by atoms with van der Waals surface area (Å²) in [6, 6.07) is 0. The van der Waals surface area contributed by atoms with E-state index in [9.17, 15) is 4.79 Å². The van der Waals surface area contributed by atoms with Gasteiger partial charge in [-0.05, 0) is 37.0 Å². The van der Waals surface area contributed by atoms with E-state index in [1.165, 1.54) is 19.3 Å².